The number of phenolic OH excluding ortho intramolecular Hbond substituents is 1. The third-order valence-corrected chi connectivity index (χ3v) is 7.24. The molecule has 8 nitrogen and oxygen atoms in total. The van der Waals surface area contributed by atoms with Crippen molar-refractivity contribution in [1.82, 2.24) is 9.88 Å². The molecule has 0 saturated carbocycles. The van der Waals surface area contributed by atoms with Crippen molar-refractivity contribution in [2.24, 2.45) is 5.92 Å². The van der Waals surface area contributed by atoms with E-state index in [4.69, 9.17) is 9.47 Å². The van der Waals surface area contributed by atoms with Crippen LogP contribution in [0.4, 0.5) is 5.82 Å². The van der Waals surface area contributed by atoms with E-state index >= 15 is 0 Å². The smallest absolute Gasteiger partial charge is 0.306 e. The molecule has 4 rings (SSSR count). The largest absolute Gasteiger partial charge is 0.504 e. The van der Waals surface area contributed by atoms with Crippen LogP contribution in [0.25, 0.3) is 0 Å². The van der Waals surface area contributed by atoms with Gasteiger partial charge in [0.1, 0.15) is 12.1 Å². The van der Waals surface area contributed by atoms with E-state index in [1.165, 1.54) is 26.2 Å². The molecule has 2 N–H and O–H groups in total. The molecule has 0 amide bonds. The minimum Gasteiger partial charge on any atom is -0.504 e. The summed E-state index contributed by atoms with van der Waals surface area (Å²) in [6.07, 6.45) is 8.17. The number of rotatable bonds is 9. The second-order valence-electron chi connectivity index (χ2n) is 9.94. The Labute approximate surface area is 234 Å². The van der Waals surface area contributed by atoms with Gasteiger partial charge in [-0.1, -0.05) is 26.0 Å². The van der Waals surface area contributed by atoms with Gasteiger partial charge in [-0.15, -0.1) is 0 Å². The van der Waals surface area contributed by atoms with E-state index < -0.39 is 0 Å². The molecular weight excluding hydrogens is 494 g/mol. The number of aromatic hydroxyl groups is 1. The lowest BCUT2D eigenvalue weighted by Gasteiger charge is -2.31. The fourth-order valence-corrected chi connectivity index (χ4v) is 4.98. The van der Waals surface area contributed by atoms with Crippen molar-refractivity contribution in [1.29, 1.82) is 0 Å². The lowest BCUT2D eigenvalue weighted by molar-refractivity contribution is -0.141. The van der Waals surface area contributed by atoms with E-state index in [9.17, 15) is 14.7 Å². The number of nitrogens with zero attached hydrogens (tertiary/aromatic N) is 2. The highest BCUT2D eigenvalue weighted by Gasteiger charge is 2.25. The quantitative estimate of drug-likeness (QED) is 0.323. The van der Waals surface area contributed by atoms with E-state index in [1.54, 1.807) is 6.07 Å². The Morgan fingerprint density at radius 3 is 2.62 bits per heavy atom. The van der Waals surface area contributed by atoms with Crippen LogP contribution in [0.2, 0.25) is 0 Å². The van der Waals surface area contributed by atoms with Gasteiger partial charge in [-0.05, 0) is 99.8 Å². The van der Waals surface area contributed by atoms with Gasteiger partial charge in [-0.3, -0.25) is 4.79 Å². The zero-order valence-electron chi connectivity index (χ0n) is 24.4. The third-order valence-electron chi connectivity index (χ3n) is 7.24. The molecule has 1 aromatic carbocycles. The first kappa shape index (κ1) is 32.1. The van der Waals surface area contributed by atoms with Gasteiger partial charge in [0.05, 0.1) is 20.6 Å². The molecule has 1 unspecified atom stereocenters. The number of piperidine rings is 1. The van der Waals surface area contributed by atoms with E-state index in [1.807, 2.05) is 32.0 Å². The summed E-state index contributed by atoms with van der Waals surface area (Å²) in [6.45, 7) is 7.22. The lowest BCUT2D eigenvalue weighted by Crippen LogP contribution is -2.31. The van der Waals surface area contributed by atoms with Crippen LogP contribution in [0.1, 0.15) is 75.1 Å². The summed E-state index contributed by atoms with van der Waals surface area (Å²) < 4.78 is 10.1. The van der Waals surface area contributed by atoms with Crippen LogP contribution in [0, 0.1) is 5.92 Å². The Kier molecular flexibility index (Phi) is 14.4. The molecule has 0 radical (unpaired) electrons. The lowest BCUT2D eigenvalue weighted by atomic mass is 9.82. The molecule has 1 atom stereocenters. The maximum absolute atomic E-state index is 11.8. The van der Waals surface area contributed by atoms with Crippen molar-refractivity contribution in [3.8, 4) is 11.5 Å². The molecule has 3 heterocycles. The maximum atomic E-state index is 11.8. The number of pyridine rings is 1. The molecule has 0 aliphatic carbocycles. The monoisotopic (exact) mass is 541 g/mol. The number of hydrogen-bond donors (Lipinski definition) is 2. The van der Waals surface area contributed by atoms with E-state index in [2.05, 4.69) is 28.3 Å². The van der Waals surface area contributed by atoms with Gasteiger partial charge in [0.15, 0.2) is 11.5 Å². The first-order chi connectivity index (χ1) is 18.9. The number of hydrogen-bond acceptors (Lipinski definition) is 8. The van der Waals surface area contributed by atoms with Crippen LogP contribution in [-0.4, -0.2) is 68.1 Å². The number of benzene rings is 1. The number of fused-ring (bicyclic) bond motifs is 1. The molecule has 1 saturated heterocycles. The predicted molar refractivity (Wildman–Crippen MR) is 156 cm³/mol. The number of likely N-dealkylation sites (tertiary alicyclic amines) is 1. The number of aromatic nitrogens is 1. The zero-order valence-corrected chi connectivity index (χ0v) is 24.4. The highest BCUT2D eigenvalue weighted by atomic mass is 16.5. The summed E-state index contributed by atoms with van der Waals surface area (Å²) in [4.78, 5) is 28.8. The first-order valence-corrected chi connectivity index (χ1v) is 14.2. The third kappa shape index (κ3) is 10.5. The van der Waals surface area contributed by atoms with Gasteiger partial charge in [-0.2, -0.15) is 0 Å². The van der Waals surface area contributed by atoms with Crippen molar-refractivity contribution in [2.45, 2.75) is 71.1 Å². The van der Waals surface area contributed by atoms with Crippen LogP contribution < -0.4 is 10.1 Å². The minimum atomic E-state index is -0.199. The molecule has 2 aliphatic rings. The molecule has 8 heteroatoms. The summed E-state index contributed by atoms with van der Waals surface area (Å²) in [5.74, 6) is 2.08. The molecule has 0 bridgehead atoms. The van der Waals surface area contributed by atoms with Gasteiger partial charge in [-0.25, -0.2) is 4.98 Å². The number of carbonyl (C=O) groups is 2. The summed E-state index contributed by atoms with van der Waals surface area (Å²) in [6, 6.07) is 9.48. The Morgan fingerprint density at radius 1 is 1.21 bits per heavy atom. The number of phenols is 1. The van der Waals surface area contributed by atoms with Gasteiger partial charge in [0.2, 0.25) is 0 Å². The first-order valence-electron chi connectivity index (χ1n) is 14.2. The topological polar surface area (TPSA) is 101 Å². The van der Waals surface area contributed by atoms with Crippen molar-refractivity contribution in [3.63, 3.8) is 0 Å². The number of aldehydes is 1. The fourth-order valence-electron chi connectivity index (χ4n) is 4.98. The van der Waals surface area contributed by atoms with Gasteiger partial charge >= 0.3 is 5.97 Å². The summed E-state index contributed by atoms with van der Waals surface area (Å²) in [5.41, 5.74) is 3.32. The number of esters is 1. The van der Waals surface area contributed by atoms with Crippen molar-refractivity contribution < 1.29 is 24.2 Å². The molecule has 216 valence electrons. The van der Waals surface area contributed by atoms with E-state index in [0.717, 1.165) is 75.1 Å². The Balaban J connectivity index is 0.000000284. The second-order valence-corrected chi connectivity index (χ2v) is 9.94. The van der Waals surface area contributed by atoms with Crippen LogP contribution in [-0.2, 0) is 27.2 Å². The van der Waals surface area contributed by atoms with Gasteiger partial charge in [0.25, 0.3) is 0 Å². The minimum absolute atomic E-state index is 0.0883. The molecule has 1 aromatic heterocycles. The molecular formula is C31H47N3O5. The maximum Gasteiger partial charge on any atom is 0.306 e. The number of methoxy groups -OCH3 is 2. The average Bonchev–Trinajstić information content (AvgIpc) is 2.98. The van der Waals surface area contributed by atoms with Crippen LogP contribution in [0.15, 0.2) is 30.3 Å². The number of nitrogens with one attached hydrogen (secondary N) is 1. The van der Waals surface area contributed by atoms with Gasteiger partial charge < -0.3 is 29.6 Å². The Morgan fingerprint density at radius 2 is 1.95 bits per heavy atom. The van der Waals surface area contributed by atoms with Crippen molar-refractivity contribution >= 4 is 18.1 Å². The highest BCUT2D eigenvalue weighted by Crippen LogP contribution is 2.36. The predicted octanol–water partition coefficient (Wildman–Crippen LogP) is 5.38. The molecule has 1 fully saturated rings. The molecule has 39 heavy (non-hydrogen) atoms. The number of aryl methyl sites for hydroxylation is 2. The number of ether oxygens (including phenoxy) is 2. The van der Waals surface area contributed by atoms with Crippen LogP contribution in [0.3, 0.4) is 0 Å². The average molecular weight is 542 g/mol. The van der Waals surface area contributed by atoms with E-state index in [0.29, 0.717) is 24.5 Å². The van der Waals surface area contributed by atoms with Gasteiger partial charge in [0, 0.05) is 18.7 Å². The van der Waals surface area contributed by atoms with Crippen LogP contribution in [0.5, 0.6) is 11.5 Å². The zero-order chi connectivity index (χ0) is 28.6. The standard InChI is InChI=1S/C18H27NO4.C11H14N2O.C2H6/c1-19-8-6-13(7-9-19)10-15(12-18(21)23-3)14-4-5-16(20)17(11-14)22-2;14-8-2-4-10-6-5-9-3-1-7-12-11(9)13-10;1-2/h4-5,11,13,15,20H,6-10,12H2,1-3H3;5-6,8H,1-4,7H2,(H,12,13);1-2H3. The van der Waals surface area contributed by atoms with Crippen molar-refractivity contribution in [2.75, 3.05) is 46.2 Å². The van der Waals surface area contributed by atoms with E-state index in [-0.39, 0.29) is 17.6 Å². The molecule has 2 aliphatic heterocycles. The number of carbonyl (C=O) groups excluding carboxylic acids is 2. The SMILES string of the molecule is CC.COC(=O)CC(CC1CCN(C)CC1)c1ccc(O)c(OC)c1.O=CCCc1ccc2c(n1)NCCC2. The summed E-state index contributed by atoms with van der Waals surface area (Å²) in [7, 11) is 5.10. The molecule has 0 spiro atoms. The van der Waals surface area contributed by atoms with Crippen molar-refractivity contribution in [3.05, 3.63) is 47.2 Å². The Hall–Kier alpha value is -3.13. The summed E-state index contributed by atoms with van der Waals surface area (Å²) >= 11 is 0. The number of anilines is 1. The Bertz CT molecular complexity index is 1020. The normalized spacial score (nSPS) is 15.7. The second kappa shape index (κ2) is 17.5. The summed E-state index contributed by atoms with van der Waals surface area (Å²) in [5, 5.41) is 13.1. The van der Waals surface area contributed by atoms with Crippen LogP contribution >= 0.6 is 0 Å². The highest BCUT2D eigenvalue weighted by molar-refractivity contribution is 5.70. The molecule has 2 aromatic rings. The fraction of sp³-hybridized carbons (Fsp3) is 0.581.